The number of sulfone groups is 1. The van der Waals surface area contributed by atoms with E-state index in [0.717, 1.165) is 29.2 Å². The lowest BCUT2D eigenvalue weighted by atomic mass is 9.97. The van der Waals surface area contributed by atoms with Gasteiger partial charge in [-0.3, -0.25) is 0 Å². The van der Waals surface area contributed by atoms with Crippen molar-refractivity contribution in [1.82, 2.24) is 5.32 Å². The Kier molecular flexibility index (Phi) is 6.68. The van der Waals surface area contributed by atoms with E-state index in [0.29, 0.717) is 5.56 Å². The van der Waals surface area contributed by atoms with Gasteiger partial charge < -0.3 is 16.2 Å². The number of hydrogen-bond acceptors (Lipinski definition) is 5. The standard InChI is InChI=1S/C21H26F2N2O3S/c1-2-13-3-4-15-11-29(27,28)12-20(18(15)7-13)25-10-21(26)19(24)8-14-5-16(22)9-17(23)6-14/h3-7,9,19-21,25-26H,2,8,10-12,24H2,1H3/t19-,20?,21+/m0/s1. The van der Waals surface area contributed by atoms with Crippen LogP contribution >= 0.6 is 0 Å². The predicted octanol–water partition coefficient (Wildman–Crippen LogP) is 2.02. The molecule has 2 aromatic rings. The van der Waals surface area contributed by atoms with Crippen LogP contribution in [-0.2, 0) is 28.4 Å². The minimum absolute atomic E-state index is 0.0116. The molecular weight excluding hydrogens is 398 g/mol. The molecule has 0 aromatic heterocycles. The van der Waals surface area contributed by atoms with Crippen molar-refractivity contribution in [2.75, 3.05) is 12.3 Å². The fraction of sp³-hybridized carbons (Fsp3) is 0.429. The monoisotopic (exact) mass is 424 g/mol. The maximum absolute atomic E-state index is 13.3. The smallest absolute Gasteiger partial charge is 0.156 e. The lowest BCUT2D eigenvalue weighted by Gasteiger charge is -2.29. The van der Waals surface area contributed by atoms with Gasteiger partial charge in [0.1, 0.15) is 11.6 Å². The fourth-order valence-electron chi connectivity index (χ4n) is 3.68. The third kappa shape index (κ3) is 5.60. The van der Waals surface area contributed by atoms with Gasteiger partial charge >= 0.3 is 0 Å². The zero-order valence-corrected chi connectivity index (χ0v) is 17.1. The molecule has 0 saturated carbocycles. The largest absolute Gasteiger partial charge is 0.390 e. The molecule has 1 heterocycles. The number of nitrogens with two attached hydrogens (primary N) is 1. The normalized spacial score (nSPS) is 20.1. The number of halogens is 2. The van der Waals surface area contributed by atoms with Gasteiger partial charge in [0.15, 0.2) is 9.84 Å². The Morgan fingerprint density at radius 3 is 2.52 bits per heavy atom. The van der Waals surface area contributed by atoms with Gasteiger partial charge in [0.2, 0.25) is 0 Å². The quantitative estimate of drug-likeness (QED) is 0.633. The summed E-state index contributed by atoms with van der Waals surface area (Å²) in [7, 11) is -3.25. The highest BCUT2D eigenvalue weighted by molar-refractivity contribution is 7.90. The minimum Gasteiger partial charge on any atom is -0.390 e. The molecule has 29 heavy (non-hydrogen) atoms. The lowest BCUT2D eigenvalue weighted by molar-refractivity contribution is 0.138. The van der Waals surface area contributed by atoms with Crippen LogP contribution in [0.3, 0.4) is 0 Å². The van der Waals surface area contributed by atoms with Gasteiger partial charge in [0, 0.05) is 24.7 Å². The predicted molar refractivity (Wildman–Crippen MR) is 108 cm³/mol. The van der Waals surface area contributed by atoms with E-state index in [9.17, 15) is 22.3 Å². The third-order valence-electron chi connectivity index (χ3n) is 5.25. The molecule has 1 aliphatic heterocycles. The van der Waals surface area contributed by atoms with E-state index in [1.165, 1.54) is 12.1 Å². The van der Waals surface area contributed by atoms with Crippen molar-refractivity contribution < 1.29 is 22.3 Å². The van der Waals surface area contributed by atoms with Crippen LogP contribution in [0.15, 0.2) is 36.4 Å². The van der Waals surface area contributed by atoms with Crippen molar-refractivity contribution in [3.05, 3.63) is 70.3 Å². The number of aryl methyl sites for hydroxylation is 1. The number of rotatable bonds is 7. The maximum atomic E-state index is 13.3. The van der Waals surface area contributed by atoms with Gasteiger partial charge in [-0.1, -0.05) is 25.1 Å². The molecular formula is C21H26F2N2O3S. The summed E-state index contributed by atoms with van der Waals surface area (Å²) >= 11 is 0. The van der Waals surface area contributed by atoms with E-state index >= 15 is 0 Å². The molecule has 0 fully saturated rings. The molecule has 5 nitrogen and oxygen atoms in total. The van der Waals surface area contributed by atoms with E-state index in [4.69, 9.17) is 5.73 Å². The Hall–Kier alpha value is -1.87. The van der Waals surface area contributed by atoms with Crippen molar-refractivity contribution >= 4 is 9.84 Å². The van der Waals surface area contributed by atoms with Crippen molar-refractivity contribution in [1.29, 1.82) is 0 Å². The summed E-state index contributed by atoms with van der Waals surface area (Å²) in [6.07, 6.45) is -0.0784. The first-order chi connectivity index (χ1) is 13.7. The molecule has 158 valence electrons. The van der Waals surface area contributed by atoms with Gasteiger partial charge in [-0.25, -0.2) is 17.2 Å². The van der Waals surface area contributed by atoms with Crippen molar-refractivity contribution in [3.8, 4) is 0 Å². The van der Waals surface area contributed by atoms with Crippen LogP contribution in [-0.4, -0.2) is 38.0 Å². The summed E-state index contributed by atoms with van der Waals surface area (Å²) < 4.78 is 51.2. The summed E-state index contributed by atoms with van der Waals surface area (Å²) in [4.78, 5) is 0. The van der Waals surface area contributed by atoms with E-state index < -0.39 is 39.7 Å². The molecule has 4 N–H and O–H groups in total. The maximum Gasteiger partial charge on any atom is 0.156 e. The number of fused-ring (bicyclic) bond motifs is 1. The van der Waals surface area contributed by atoms with Crippen LogP contribution in [0.4, 0.5) is 8.78 Å². The Morgan fingerprint density at radius 1 is 1.17 bits per heavy atom. The van der Waals surface area contributed by atoms with Crippen LogP contribution < -0.4 is 11.1 Å². The molecule has 0 aliphatic carbocycles. The van der Waals surface area contributed by atoms with E-state index in [1.54, 1.807) is 0 Å². The fourth-order valence-corrected chi connectivity index (χ4v) is 5.34. The van der Waals surface area contributed by atoms with Crippen molar-refractivity contribution in [2.45, 2.75) is 43.7 Å². The number of nitrogens with one attached hydrogen (secondary N) is 1. The van der Waals surface area contributed by atoms with Crippen LogP contribution in [0.5, 0.6) is 0 Å². The van der Waals surface area contributed by atoms with Gasteiger partial charge in [0.05, 0.1) is 17.6 Å². The highest BCUT2D eigenvalue weighted by atomic mass is 32.2. The molecule has 1 aliphatic rings. The molecule has 3 rings (SSSR count). The molecule has 0 amide bonds. The summed E-state index contributed by atoms with van der Waals surface area (Å²) in [5, 5.41) is 13.5. The zero-order valence-electron chi connectivity index (χ0n) is 16.2. The average Bonchev–Trinajstić information content (AvgIpc) is 2.63. The Labute approximate surface area is 169 Å². The van der Waals surface area contributed by atoms with Crippen LogP contribution in [0.1, 0.15) is 35.2 Å². The summed E-state index contributed by atoms with van der Waals surface area (Å²) in [5.41, 5.74) is 9.16. The number of hydrogen-bond donors (Lipinski definition) is 3. The summed E-state index contributed by atoms with van der Waals surface area (Å²) in [6, 6.07) is 7.72. The number of aliphatic hydroxyl groups is 1. The first kappa shape index (κ1) is 21.8. The highest BCUT2D eigenvalue weighted by Crippen LogP contribution is 2.29. The van der Waals surface area contributed by atoms with Crippen LogP contribution in [0, 0.1) is 11.6 Å². The van der Waals surface area contributed by atoms with Gasteiger partial charge in [-0.15, -0.1) is 0 Å². The molecule has 0 radical (unpaired) electrons. The highest BCUT2D eigenvalue weighted by Gasteiger charge is 2.30. The SMILES string of the molecule is CCc1ccc2c(c1)C(NC[C@@H](O)[C@@H](N)Cc1cc(F)cc(F)c1)CS(=O)(=O)C2. The molecule has 1 unspecified atom stereocenters. The summed E-state index contributed by atoms with van der Waals surface area (Å²) in [5.74, 6) is -1.44. The van der Waals surface area contributed by atoms with E-state index in [2.05, 4.69) is 5.32 Å². The van der Waals surface area contributed by atoms with Gasteiger partial charge in [0.25, 0.3) is 0 Å². The van der Waals surface area contributed by atoms with Crippen molar-refractivity contribution in [2.24, 2.45) is 5.73 Å². The Bertz CT molecular complexity index is 962. The summed E-state index contributed by atoms with van der Waals surface area (Å²) in [6.45, 7) is 2.09. The van der Waals surface area contributed by atoms with E-state index in [1.807, 2.05) is 25.1 Å². The third-order valence-corrected chi connectivity index (χ3v) is 6.84. The molecule has 0 spiro atoms. The van der Waals surface area contributed by atoms with Crippen LogP contribution in [0.25, 0.3) is 0 Å². The van der Waals surface area contributed by atoms with Crippen molar-refractivity contribution in [3.63, 3.8) is 0 Å². The molecule has 3 atom stereocenters. The number of aliphatic hydroxyl groups excluding tert-OH is 1. The Balaban J connectivity index is 1.68. The van der Waals surface area contributed by atoms with Crippen LogP contribution in [0.2, 0.25) is 0 Å². The molecule has 0 bridgehead atoms. The minimum atomic E-state index is -3.25. The Morgan fingerprint density at radius 2 is 1.86 bits per heavy atom. The van der Waals surface area contributed by atoms with E-state index in [-0.39, 0.29) is 24.5 Å². The molecule has 0 saturated heterocycles. The average molecular weight is 425 g/mol. The lowest BCUT2D eigenvalue weighted by Crippen LogP contribution is -2.45. The second-order valence-electron chi connectivity index (χ2n) is 7.62. The first-order valence-corrected chi connectivity index (χ1v) is 11.4. The topological polar surface area (TPSA) is 92.4 Å². The number of benzene rings is 2. The second-order valence-corrected chi connectivity index (χ2v) is 9.72. The van der Waals surface area contributed by atoms with Gasteiger partial charge in [-0.2, -0.15) is 0 Å². The van der Waals surface area contributed by atoms with Gasteiger partial charge in [-0.05, 0) is 47.2 Å². The first-order valence-electron chi connectivity index (χ1n) is 9.61. The zero-order chi connectivity index (χ0) is 21.2. The molecule has 8 heteroatoms. The second kappa shape index (κ2) is 8.87. The molecule has 2 aromatic carbocycles.